The minimum atomic E-state index is -0.103. The van der Waals surface area contributed by atoms with Crippen LogP contribution in [0.5, 0.6) is 5.75 Å². The zero-order valence-electron chi connectivity index (χ0n) is 19.3. The van der Waals surface area contributed by atoms with Crippen LogP contribution in [0, 0.1) is 0 Å². The molecule has 1 saturated heterocycles. The smallest absolute Gasteiger partial charge is 0.174 e. The maximum absolute atomic E-state index is 6.20. The molecule has 176 valence electrons. The van der Waals surface area contributed by atoms with Crippen molar-refractivity contribution in [1.29, 1.82) is 0 Å². The van der Waals surface area contributed by atoms with Gasteiger partial charge < -0.3 is 19.5 Å². The van der Waals surface area contributed by atoms with Crippen molar-refractivity contribution in [2.75, 3.05) is 4.90 Å². The molecule has 4 heterocycles. The first-order chi connectivity index (χ1) is 17.3. The lowest BCUT2D eigenvalue weighted by atomic mass is 10.0. The molecule has 7 heteroatoms. The molecule has 1 aromatic carbocycles. The molecule has 1 aliphatic carbocycles. The van der Waals surface area contributed by atoms with Crippen LogP contribution >= 0.6 is 12.2 Å². The summed E-state index contributed by atoms with van der Waals surface area (Å²) in [7, 11) is 0. The number of aromatic nitrogens is 3. The van der Waals surface area contributed by atoms with Crippen molar-refractivity contribution in [3.8, 4) is 11.4 Å². The SMILES string of the molecule is S=C1N[C@@H](c2ccccn2)[C@H](c2cccn2-c2ccncc2)N1c1ccc(OC2CCCC2)cc1. The lowest BCUT2D eigenvalue weighted by molar-refractivity contribution is 0.210. The molecule has 0 bridgehead atoms. The minimum Gasteiger partial charge on any atom is -0.490 e. The van der Waals surface area contributed by atoms with Crippen LogP contribution in [-0.2, 0) is 0 Å². The van der Waals surface area contributed by atoms with Crippen LogP contribution in [-0.4, -0.2) is 25.8 Å². The van der Waals surface area contributed by atoms with Gasteiger partial charge in [-0.1, -0.05) is 6.07 Å². The summed E-state index contributed by atoms with van der Waals surface area (Å²) in [5.74, 6) is 0.914. The first kappa shape index (κ1) is 21.8. The van der Waals surface area contributed by atoms with Crippen LogP contribution in [0.15, 0.2) is 91.5 Å². The average molecular weight is 482 g/mol. The lowest BCUT2D eigenvalue weighted by Gasteiger charge is -2.29. The van der Waals surface area contributed by atoms with Crippen LogP contribution in [0.3, 0.4) is 0 Å². The van der Waals surface area contributed by atoms with Crippen LogP contribution < -0.4 is 15.0 Å². The number of benzene rings is 1. The van der Waals surface area contributed by atoms with Gasteiger partial charge in [-0.25, -0.2) is 0 Å². The Bertz CT molecular complexity index is 1290. The molecule has 0 spiro atoms. The fourth-order valence-corrected chi connectivity index (χ4v) is 5.54. The summed E-state index contributed by atoms with van der Waals surface area (Å²) in [6, 6.07) is 22.4. The molecular formula is C28H27N5OS. The molecule has 4 aromatic rings. The van der Waals surface area contributed by atoms with Gasteiger partial charge in [0.15, 0.2) is 5.11 Å². The van der Waals surface area contributed by atoms with E-state index in [1.807, 2.05) is 42.9 Å². The Morgan fingerprint density at radius 2 is 1.66 bits per heavy atom. The molecule has 6 nitrogen and oxygen atoms in total. The Kier molecular flexibility index (Phi) is 5.92. The Morgan fingerprint density at radius 3 is 2.40 bits per heavy atom. The molecule has 6 rings (SSSR count). The third-order valence-electron chi connectivity index (χ3n) is 6.84. The Morgan fingerprint density at radius 1 is 0.857 bits per heavy atom. The van der Waals surface area contributed by atoms with Crippen LogP contribution in [0.2, 0.25) is 0 Å². The van der Waals surface area contributed by atoms with E-state index < -0.39 is 0 Å². The highest BCUT2D eigenvalue weighted by atomic mass is 32.1. The van der Waals surface area contributed by atoms with Gasteiger partial charge in [0.05, 0.1) is 17.8 Å². The Balaban J connectivity index is 1.39. The molecule has 0 radical (unpaired) electrons. The standard InChI is InChI=1S/C28H27N5OS/c35-28-31-26(24-8-3-4-16-30-24)27(25-9-5-19-32(25)20-14-17-29-18-15-20)33(28)21-10-12-23(13-11-21)34-22-6-1-2-7-22/h3-5,8-19,22,26-27H,1-2,6-7H2,(H,31,35)/t26-,27-/m0/s1. The molecule has 2 fully saturated rings. The second-order valence-corrected chi connectivity index (χ2v) is 9.41. The van der Waals surface area contributed by atoms with Gasteiger partial charge in [0, 0.05) is 41.9 Å². The first-order valence-electron chi connectivity index (χ1n) is 12.1. The number of rotatable bonds is 6. The van der Waals surface area contributed by atoms with Gasteiger partial charge >= 0.3 is 0 Å². The molecular weight excluding hydrogens is 454 g/mol. The normalized spacial score (nSPS) is 20.2. The van der Waals surface area contributed by atoms with E-state index in [2.05, 4.69) is 73.4 Å². The summed E-state index contributed by atoms with van der Waals surface area (Å²) < 4.78 is 8.40. The number of pyridine rings is 2. The molecule has 0 amide bonds. The summed E-state index contributed by atoms with van der Waals surface area (Å²) in [5, 5.41) is 4.23. The van der Waals surface area contributed by atoms with E-state index in [-0.39, 0.29) is 12.1 Å². The number of anilines is 1. The number of hydrogen-bond donors (Lipinski definition) is 1. The topological polar surface area (TPSA) is 55.2 Å². The van der Waals surface area contributed by atoms with Crippen molar-refractivity contribution in [1.82, 2.24) is 19.9 Å². The van der Waals surface area contributed by atoms with E-state index in [1.54, 1.807) is 0 Å². The second kappa shape index (κ2) is 9.50. The molecule has 1 saturated carbocycles. The molecule has 2 aliphatic rings. The fourth-order valence-electron chi connectivity index (χ4n) is 5.19. The highest BCUT2D eigenvalue weighted by Gasteiger charge is 2.42. The fraction of sp³-hybridized carbons (Fsp3) is 0.250. The summed E-state index contributed by atoms with van der Waals surface area (Å²) in [5.41, 5.74) is 4.14. The number of nitrogens with zero attached hydrogens (tertiary/aromatic N) is 4. The van der Waals surface area contributed by atoms with Crippen molar-refractivity contribution < 1.29 is 4.74 Å². The molecule has 2 atom stereocenters. The van der Waals surface area contributed by atoms with Crippen LogP contribution in [0.1, 0.15) is 49.2 Å². The number of ether oxygens (including phenoxy) is 1. The van der Waals surface area contributed by atoms with E-state index in [0.717, 1.165) is 41.4 Å². The quantitative estimate of drug-likeness (QED) is 0.353. The van der Waals surface area contributed by atoms with Crippen molar-refractivity contribution >= 4 is 23.0 Å². The molecule has 1 aliphatic heterocycles. The van der Waals surface area contributed by atoms with Gasteiger partial charge in [0.2, 0.25) is 0 Å². The van der Waals surface area contributed by atoms with E-state index >= 15 is 0 Å². The number of thiocarbonyl (C=S) groups is 1. The van der Waals surface area contributed by atoms with Gasteiger partial charge in [-0.3, -0.25) is 9.97 Å². The highest BCUT2D eigenvalue weighted by Crippen LogP contribution is 2.42. The van der Waals surface area contributed by atoms with Gasteiger partial charge in [0.1, 0.15) is 11.8 Å². The van der Waals surface area contributed by atoms with Crippen molar-refractivity contribution in [2.24, 2.45) is 0 Å². The predicted octanol–water partition coefficient (Wildman–Crippen LogP) is 5.77. The van der Waals surface area contributed by atoms with E-state index in [4.69, 9.17) is 17.0 Å². The largest absolute Gasteiger partial charge is 0.490 e. The summed E-state index contributed by atoms with van der Waals surface area (Å²) >= 11 is 5.90. The molecule has 3 aromatic heterocycles. The number of hydrogen-bond acceptors (Lipinski definition) is 4. The minimum absolute atomic E-state index is 0.0952. The molecule has 0 unspecified atom stereocenters. The predicted molar refractivity (Wildman–Crippen MR) is 141 cm³/mol. The Labute approximate surface area is 210 Å². The van der Waals surface area contributed by atoms with Crippen molar-refractivity contribution in [3.05, 3.63) is 103 Å². The van der Waals surface area contributed by atoms with Gasteiger partial charge in [0.25, 0.3) is 0 Å². The van der Waals surface area contributed by atoms with E-state index in [1.165, 1.54) is 12.8 Å². The van der Waals surface area contributed by atoms with Gasteiger partial charge in [-0.15, -0.1) is 0 Å². The Hall–Kier alpha value is -3.71. The second-order valence-electron chi connectivity index (χ2n) is 9.02. The van der Waals surface area contributed by atoms with Gasteiger partial charge in [-0.2, -0.15) is 0 Å². The zero-order valence-corrected chi connectivity index (χ0v) is 20.1. The van der Waals surface area contributed by atoms with E-state index in [0.29, 0.717) is 11.2 Å². The molecule has 35 heavy (non-hydrogen) atoms. The average Bonchev–Trinajstić information content (AvgIpc) is 3.66. The summed E-state index contributed by atoms with van der Waals surface area (Å²) in [4.78, 5) is 11.1. The highest BCUT2D eigenvalue weighted by molar-refractivity contribution is 7.80. The maximum Gasteiger partial charge on any atom is 0.174 e. The number of nitrogens with one attached hydrogen (secondary N) is 1. The third-order valence-corrected chi connectivity index (χ3v) is 7.16. The zero-order chi connectivity index (χ0) is 23.6. The maximum atomic E-state index is 6.20. The van der Waals surface area contributed by atoms with Crippen molar-refractivity contribution in [2.45, 2.75) is 43.9 Å². The van der Waals surface area contributed by atoms with Crippen molar-refractivity contribution in [3.63, 3.8) is 0 Å². The first-order valence-corrected chi connectivity index (χ1v) is 12.5. The van der Waals surface area contributed by atoms with Crippen LogP contribution in [0.25, 0.3) is 5.69 Å². The monoisotopic (exact) mass is 481 g/mol. The molecule has 1 N–H and O–H groups in total. The van der Waals surface area contributed by atoms with E-state index in [9.17, 15) is 0 Å². The summed E-state index contributed by atoms with van der Waals surface area (Å²) in [6.07, 6.45) is 12.7. The van der Waals surface area contributed by atoms with Gasteiger partial charge in [-0.05, 0) is 98.6 Å². The van der Waals surface area contributed by atoms with Crippen LogP contribution in [0.4, 0.5) is 5.69 Å². The summed E-state index contributed by atoms with van der Waals surface area (Å²) in [6.45, 7) is 0. The lowest BCUT2D eigenvalue weighted by Crippen LogP contribution is -2.30. The third kappa shape index (κ3) is 4.28.